The molecule has 3 aromatic carbocycles. The van der Waals surface area contributed by atoms with Crippen LogP contribution in [0.3, 0.4) is 0 Å². The summed E-state index contributed by atoms with van der Waals surface area (Å²) in [4.78, 5) is 0. The van der Waals surface area contributed by atoms with E-state index in [2.05, 4.69) is 169 Å². The summed E-state index contributed by atoms with van der Waals surface area (Å²) < 4.78 is 0. The van der Waals surface area contributed by atoms with Crippen LogP contribution in [0.2, 0.25) is 0 Å². The Morgan fingerprint density at radius 1 is 0.339 bits per heavy atom. The second-order valence-electron chi connectivity index (χ2n) is 20.0. The summed E-state index contributed by atoms with van der Waals surface area (Å²) in [5, 5.41) is 0. The van der Waals surface area contributed by atoms with Crippen molar-refractivity contribution in [1.29, 1.82) is 0 Å². The molecule has 4 atom stereocenters. The minimum Gasteiger partial charge on any atom is -0.0871 e. The molecule has 0 N–H and O–H groups in total. The third-order valence-corrected chi connectivity index (χ3v) is 16.2. The van der Waals surface area contributed by atoms with E-state index in [-0.39, 0.29) is 16.2 Å². The smallest absolute Gasteiger partial charge is 0.00299 e. The minimum atomic E-state index is 0.187. The summed E-state index contributed by atoms with van der Waals surface area (Å²) in [6.45, 7) is 13.0. The lowest BCUT2D eigenvalue weighted by Gasteiger charge is -2.76. The maximum Gasteiger partial charge on any atom is -0.00299 e. The highest BCUT2D eigenvalue weighted by molar-refractivity contribution is 5.64. The zero-order valence-corrected chi connectivity index (χ0v) is 35.3. The van der Waals surface area contributed by atoms with Crippen molar-refractivity contribution in [2.45, 2.75) is 135 Å². The van der Waals surface area contributed by atoms with E-state index in [4.69, 9.17) is 0 Å². The van der Waals surface area contributed by atoms with Gasteiger partial charge in [0.1, 0.15) is 0 Å². The first kappa shape index (κ1) is 37.7. The molecule has 8 aliphatic rings. The van der Waals surface area contributed by atoms with Gasteiger partial charge in [0.25, 0.3) is 0 Å². The molecule has 8 bridgehead atoms. The third-order valence-electron chi connectivity index (χ3n) is 16.2. The monoisotopic (exact) mass is 739 g/mol. The van der Waals surface area contributed by atoms with Crippen molar-refractivity contribution in [3.63, 3.8) is 0 Å². The van der Waals surface area contributed by atoms with Crippen LogP contribution >= 0.6 is 0 Å². The van der Waals surface area contributed by atoms with Crippen molar-refractivity contribution in [3.8, 4) is 0 Å². The van der Waals surface area contributed by atoms with Gasteiger partial charge in [-0.3, -0.25) is 0 Å². The molecule has 0 heterocycles. The average Bonchev–Trinajstić information content (AvgIpc) is 3.14. The fourth-order valence-corrected chi connectivity index (χ4v) is 15.6. The van der Waals surface area contributed by atoms with E-state index in [0.29, 0.717) is 10.8 Å². The fraction of sp³-hybridized carbons (Fsp3) is 0.464. The quantitative estimate of drug-likeness (QED) is 0.194. The van der Waals surface area contributed by atoms with E-state index in [0.717, 1.165) is 17.8 Å². The first-order valence-corrected chi connectivity index (χ1v) is 22.4. The number of benzene rings is 3. The van der Waals surface area contributed by atoms with Gasteiger partial charge in [0.2, 0.25) is 0 Å². The molecule has 0 nitrogen and oxygen atoms in total. The minimum absolute atomic E-state index is 0.187. The van der Waals surface area contributed by atoms with Gasteiger partial charge in [-0.2, -0.15) is 0 Å². The van der Waals surface area contributed by atoms with Crippen molar-refractivity contribution in [2.24, 2.45) is 28.6 Å². The zero-order valence-electron chi connectivity index (χ0n) is 35.3. The van der Waals surface area contributed by atoms with E-state index >= 15 is 0 Å². The van der Waals surface area contributed by atoms with Gasteiger partial charge < -0.3 is 0 Å². The Bertz CT molecular complexity index is 1980. The molecule has 3 aromatic rings. The number of hydrogen-bond donors (Lipinski definition) is 0. The average molecular weight is 739 g/mol. The van der Waals surface area contributed by atoms with Crippen molar-refractivity contribution in [2.75, 3.05) is 0 Å². The highest BCUT2D eigenvalue weighted by atomic mass is 14.8. The van der Waals surface area contributed by atoms with Crippen LogP contribution in [0.1, 0.15) is 169 Å². The van der Waals surface area contributed by atoms with Crippen LogP contribution in [-0.4, -0.2) is 0 Å². The molecule has 8 fully saturated rings. The van der Waals surface area contributed by atoms with Crippen LogP contribution in [0.4, 0.5) is 0 Å². The predicted octanol–water partition coefficient (Wildman–Crippen LogP) is 15.6. The first-order valence-electron chi connectivity index (χ1n) is 22.4. The zero-order chi connectivity index (χ0) is 38.8. The van der Waals surface area contributed by atoms with Crippen LogP contribution in [0.15, 0.2) is 91.1 Å². The van der Waals surface area contributed by atoms with E-state index in [1.165, 1.54) is 110 Å². The van der Waals surface area contributed by atoms with E-state index < -0.39 is 0 Å². The third kappa shape index (κ3) is 6.15. The topological polar surface area (TPSA) is 0 Å². The van der Waals surface area contributed by atoms with E-state index in [1.807, 2.05) is 0 Å². The highest BCUT2D eigenvalue weighted by Gasteiger charge is 2.72. The van der Waals surface area contributed by atoms with Crippen molar-refractivity contribution in [3.05, 3.63) is 141 Å². The maximum absolute atomic E-state index is 2.62. The Balaban J connectivity index is 1.24. The number of rotatable bonds is 10. The van der Waals surface area contributed by atoms with Gasteiger partial charge in [0, 0.05) is 0 Å². The Hall–Kier alpha value is -3.90. The molecule has 0 aliphatic heterocycles. The molecule has 290 valence electrons. The lowest BCUT2D eigenvalue weighted by Crippen LogP contribution is -2.68. The van der Waals surface area contributed by atoms with Crippen molar-refractivity contribution < 1.29 is 0 Å². The lowest BCUT2D eigenvalue weighted by atomic mass is 9.28. The molecule has 0 spiro atoms. The summed E-state index contributed by atoms with van der Waals surface area (Å²) in [5.74, 6) is 2.47. The molecule has 0 aromatic heterocycles. The predicted molar refractivity (Wildman–Crippen MR) is 243 cm³/mol. The molecular formula is C56H66. The van der Waals surface area contributed by atoms with Gasteiger partial charge in [0.15, 0.2) is 0 Å². The van der Waals surface area contributed by atoms with Crippen LogP contribution < -0.4 is 0 Å². The Kier molecular flexibility index (Phi) is 9.54. The van der Waals surface area contributed by atoms with Gasteiger partial charge in [-0.25, -0.2) is 0 Å². The van der Waals surface area contributed by atoms with E-state index in [9.17, 15) is 0 Å². The molecule has 8 saturated carbocycles. The van der Waals surface area contributed by atoms with Gasteiger partial charge in [-0.1, -0.05) is 109 Å². The molecule has 0 saturated heterocycles. The van der Waals surface area contributed by atoms with Crippen LogP contribution in [0.5, 0.6) is 0 Å². The number of hydrogen-bond acceptors (Lipinski definition) is 0. The SMILES string of the molecule is C/C=C\c1cc(/C=C\C)cc(C23CC4CC(C2)CC(C25CC6CC(c7cc(/C=C\C)cc(/C=C\C)c7)(CC(c7cc(/C=C\C)cc(/C=C\C)c7)(C6)C2)C5)(C4)C3)c1. The van der Waals surface area contributed by atoms with Crippen molar-refractivity contribution in [1.82, 2.24) is 0 Å². The normalized spacial score (nSPS) is 36.0. The van der Waals surface area contributed by atoms with Gasteiger partial charge in [-0.15, -0.1) is 0 Å². The summed E-state index contributed by atoms with van der Waals surface area (Å²) in [6, 6.07) is 22.9. The van der Waals surface area contributed by atoms with Crippen LogP contribution in [0.25, 0.3) is 36.5 Å². The van der Waals surface area contributed by atoms with Gasteiger partial charge in [0.05, 0.1) is 0 Å². The molecule has 8 aliphatic carbocycles. The highest BCUT2D eigenvalue weighted by Crippen LogP contribution is 2.81. The number of allylic oxidation sites excluding steroid dienone is 6. The molecule has 11 rings (SSSR count). The van der Waals surface area contributed by atoms with Crippen LogP contribution in [0, 0.1) is 28.6 Å². The summed E-state index contributed by atoms with van der Waals surface area (Å²) in [5.41, 5.74) is 14.6. The molecule has 4 unspecified atom stereocenters. The molecule has 0 radical (unpaired) electrons. The second-order valence-corrected chi connectivity index (χ2v) is 20.0. The molecule has 56 heavy (non-hydrogen) atoms. The summed E-state index contributed by atoms with van der Waals surface area (Å²) in [6.07, 6.45) is 44.2. The molecular weight excluding hydrogens is 673 g/mol. The largest absolute Gasteiger partial charge is 0.0871 e. The van der Waals surface area contributed by atoms with Gasteiger partial charge >= 0.3 is 0 Å². The summed E-state index contributed by atoms with van der Waals surface area (Å²) >= 11 is 0. The lowest BCUT2D eigenvalue weighted by molar-refractivity contribution is -0.218. The summed E-state index contributed by atoms with van der Waals surface area (Å²) in [7, 11) is 0. The maximum atomic E-state index is 2.62. The fourth-order valence-electron chi connectivity index (χ4n) is 15.6. The Morgan fingerprint density at radius 2 is 0.643 bits per heavy atom. The van der Waals surface area contributed by atoms with Crippen molar-refractivity contribution >= 4 is 36.5 Å². The Morgan fingerprint density at radius 3 is 1.00 bits per heavy atom. The van der Waals surface area contributed by atoms with Gasteiger partial charge in [-0.05, 0) is 232 Å². The standard InChI is InChI=1S/C56H66/c1-7-13-40-19-41(14-8-2)24-49(23-40)52-29-46-22-47(30-52)34-55(33-46,37-52)56-35-48-31-53(38-56,50-25-42(15-9-3)20-43(26-50)16-10-4)36-54(32-48,39-56)51-27-44(17-11-5)21-45(28-51)18-12-6/h7-21,23-28,46-48H,22,29-39H2,1-6H3/b13-7-,14-8-,15-9-,16-10-,17-11-,18-12-. The molecule has 0 amide bonds. The van der Waals surface area contributed by atoms with Crippen LogP contribution in [-0.2, 0) is 16.2 Å². The first-order chi connectivity index (χ1) is 27.1. The second kappa shape index (κ2) is 14.2. The Labute approximate surface area is 339 Å². The molecule has 0 heteroatoms. The van der Waals surface area contributed by atoms with E-state index in [1.54, 1.807) is 16.7 Å².